The zero-order chi connectivity index (χ0) is 14.1. The summed E-state index contributed by atoms with van der Waals surface area (Å²) in [6.07, 6.45) is 0. The molecule has 8 nitrogen and oxygen atoms in total. The van der Waals surface area contributed by atoms with Crippen molar-refractivity contribution in [3.8, 4) is 0 Å². The van der Waals surface area contributed by atoms with Gasteiger partial charge in [-0.15, -0.1) is 12.4 Å². The first-order valence-corrected chi connectivity index (χ1v) is 6.26. The molecule has 1 saturated heterocycles. The molecule has 2 heterocycles. The van der Waals surface area contributed by atoms with E-state index in [4.69, 9.17) is 0 Å². The number of nitrogens with zero attached hydrogens (tertiary/aromatic N) is 2. The van der Waals surface area contributed by atoms with Gasteiger partial charge in [-0.1, -0.05) is 0 Å². The number of aromatic amines is 1. The molecule has 112 valence electrons. The predicted octanol–water partition coefficient (Wildman–Crippen LogP) is 0.842. The van der Waals surface area contributed by atoms with Crippen LogP contribution in [0.15, 0.2) is 18.2 Å². The van der Waals surface area contributed by atoms with E-state index in [-0.39, 0.29) is 29.7 Å². The number of non-ortho nitro benzene ring substituents is 1. The first-order valence-electron chi connectivity index (χ1n) is 6.26. The van der Waals surface area contributed by atoms with Gasteiger partial charge >= 0.3 is 0 Å². The van der Waals surface area contributed by atoms with Crippen LogP contribution in [-0.4, -0.2) is 40.7 Å². The SMILES string of the molecule is Cl.O=C(NCC1CNC1)c1n[nH]c2ccc([N+](=O)[O-])cc12. The highest BCUT2D eigenvalue weighted by Gasteiger charge is 2.20. The van der Waals surface area contributed by atoms with Gasteiger partial charge in [0.2, 0.25) is 0 Å². The third-order valence-corrected chi connectivity index (χ3v) is 3.39. The molecule has 0 aliphatic carbocycles. The van der Waals surface area contributed by atoms with Crippen molar-refractivity contribution in [3.63, 3.8) is 0 Å². The summed E-state index contributed by atoms with van der Waals surface area (Å²) < 4.78 is 0. The molecule has 2 aromatic rings. The van der Waals surface area contributed by atoms with Gasteiger partial charge < -0.3 is 10.6 Å². The molecule has 1 aliphatic heterocycles. The lowest BCUT2D eigenvalue weighted by molar-refractivity contribution is -0.384. The Morgan fingerprint density at radius 3 is 2.86 bits per heavy atom. The number of fused-ring (bicyclic) bond motifs is 1. The summed E-state index contributed by atoms with van der Waals surface area (Å²) >= 11 is 0. The van der Waals surface area contributed by atoms with E-state index < -0.39 is 4.92 Å². The summed E-state index contributed by atoms with van der Waals surface area (Å²) in [5, 5.41) is 23.8. The van der Waals surface area contributed by atoms with Gasteiger partial charge in [-0.05, 0) is 6.07 Å². The number of nitro groups is 1. The number of carbonyl (C=O) groups excluding carboxylic acids is 1. The number of hydrogen-bond donors (Lipinski definition) is 3. The van der Waals surface area contributed by atoms with Gasteiger partial charge in [-0.25, -0.2) is 0 Å². The van der Waals surface area contributed by atoms with Crippen LogP contribution >= 0.6 is 12.4 Å². The molecule has 1 fully saturated rings. The molecule has 0 radical (unpaired) electrons. The second-order valence-corrected chi connectivity index (χ2v) is 4.79. The average molecular weight is 312 g/mol. The van der Waals surface area contributed by atoms with Crippen LogP contribution in [0.5, 0.6) is 0 Å². The Hall–Kier alpha value is -2.19. The summed E-state index contributed by atoms with van der Waals surface area (Å²) in [6.45, 7) is 2.37. The van der Waals surface area contributed by atoms with Crippen LogP contribution in [0, 0.1) is 16.0 Å². The van der Waals surface area contributed by atoms with Gasteiger partial charge in [0.15, 0.2) is 5.69 Å². The van der Waals surface area contributed by atoms with Crippen LogP contribution in [0.4, 0.5) is 5.69 Å². The Balaban J connectivity index is 0.00000161. The highest BCUT2D eigenvalue weighted by Crippen LogP contribution is 2.22. The van der Waals surface area contributed by atoms with E-state index in [0.717, 1.165) is 13.1 Å². The minimum atomic E-state index is -0.492. The van der Waals surface area contributed by atoms with Crippen molar-refractivity contribution in [2.24, 2.45) is 5.92 Å². The molecular weight excluding hydrogens is 298 g/mol. The van der Waals surface area contributed by atoms with E-state index in [1.165, 1.54) is 12.1 Å². The fraction of sp³-hybridized carbons (Fsp3) is 0.333. The Labute approximate surface area is 125 Å². The van der Waals surface area contributed by atoms with Crippen molar-refractivity contribution in [1.29, 1.82) is 0 Å². The van der Waals surface area contributed by atoms with Gasteiger partial charge in [0.25, 0.3) is 11.6 Å². The second-order valence-electron chi connectivity index (χ2n) is 4.79. The van der Waals surface area contributed by atoms with Crippen molar-refractivity contribution in [3.05, 3.63) is 34.0 Å². The number of hydrogen-bond acceptors (Lipinski definition) is 5. The molecule has 1 amide bonds. The maximum absolute atomic E-state index is 12.1. The van der Waals surface area contributed by atoms with Crippen LogP contribution in [0.25, 0.3) is 10.9 Å². The summed E-state index contributed by atoms with van der Waals surface area (Å²) in [5.41, 5.74) is 0.734. The third-order valence-electron chi connectivity index (χ3n) is 3.39. The molecule has 3 N–H and O–H groups in total. The van der Waals surface area contributed by atoms with E-state index in [9.17, 15) is 14.9 Å². The summed E-state index contributed by atoms with van der Waals surface area (Å²) in [5.74, 6) is 0.127. The lowest BCUT2D eigenvalue weighted by atomic mass is 10.0. The summed E-state index contributed by atoms with van der Waals surface area (Å²) in [6, 6.07) is 4.29. The number of H-pyrrole nitrogens is 1. The van der Waals surface area contributed by atoms with Crippen LogP contribution < -0.4 is 10.6 Å². The van der Waals surface area contributed by atoms with E-state index >= 15 is 0 Å². The van der Waals surface area contributed by atoms with Crippen molar-refractivity contribution in [2.45, 2.75) is 0 Å². The Morgan fingerprint density at radius 2 is 2.24 bits per heavy atom. The number of benzene rings is 1. The zero-order valence-electron chi connectivity index (χ0n) is 11.0. The Morgan fingerprint density at radius 1 is 1.48 bits per heavy atom. The highest BCUT2D eigenvalue weighted by molar-refractivity contribution is 6.05. The lowest BCUT2D eigenvalue weighted by Crippen LogP contribution is -2.48. The highest BCUT2D eigenvalue weighted by atomic mass is 35.5. The summed E-state index contributed by atoms with van der Waals surface area (Å²) in [4.78, 5) is 22.3. The zero-order valence-corrected chi connectivity index (χ0v) is 11.8. The van der Waals surface area contributed by atoms with Crippen LogP contribution in [0.3, 0.4) is 0 Å². The molecule has 3 rings (SSSR count). The number of carbonyl (C=O) groups is 1. The smallest absolute Gasteiger partial charge is 0.272 e. The second kappa shape index (κ2) is 6.06. The van der Waals surface area contributed by atoms with Gasteiger partial charge in [0.1, 0.15) is 0 Å². The molecule has 1 aliphatic rings. The van der Waals surface area contributed by atoms with Gasteiger partial charge in [-0.3, -0.25) is 20.0 Å². The molecular formula is C12H14ClN5O3. The quantitative estimate of drug-likeness (QED) is 0.572. The number of halogens is 1. The lowest BCUT2D eigenvalue weighted by Gasteiger charge is -2.26. The molecule has 0 bridgehead atoms. The number of aromatic nitrogens is 2. The number of nitro benzene ring substituents is 1. The molecule has 0 unspecified atom stereocenters. The van der Waals surface area contributed by atoms with Crippen molar-refractivity contribution < 1.29 is 9.72 Å². The molecule has 0 atom stereocenters. The van der Waals surface area contributed by atoms with E-state index in [0.29, 0.717) is 23.4 Å². The third kappa shape index (κ3) is 2.96. The minimum absolute atomic E-state index is 0. The Kier molecular flexibility index (Phi) is 4.39. The van der Waals surface area contributed by atoms with Gasteiger partial charge in [0.05, 0.1) is 10.4 Å². The van der Waals surface area contributed by atoms with E-state index in [2.05, 4.69) is 20.8 Å². The fourth-order valence-electron chi connectivity index (χ4n) is 2.10. The summed E-state index contributed by atoms with van der Waals surface area (Å²) in [7, 11) is 0. The topological polar surface area (TPSA) is 113 Å². The minimum Gasteiger partial charge on any atom is -0.350 e. The van der Waals surface area contributed by atoms with Gasteiger partial charge in [-0.2, -0.15) is 5.10 Å². The first kappa shape index (κ1) is 15.2. The predicted molar refractivity (Wildman–Crippen MR) is 78.7 cm³/mol. The average Bonchev–Trinajstić information content (AvgIpc) is 2.79. The van der Waals surface area contributed by atoms with Crippen molar-refractivity contribution >= 4 is 34.9 Å². The van der Waals surface area contributed by atoms with E-state index in [1.54, 1.807) is 6.07 Å². The monoisotopic (exact) mass is 311 g/mol. The van der Waals surface area contributed by atoms with Crippen LogP contribution in [0.2, 0.25) is 0 Å². The largest absolute Gasteiger partial charge is 0.350 e. The Bertz CT molecular complexity index is 683. The number of amides is 1. The molecule has 0 spiro atoms. The van der Waals surface area contributed by atoms with Gasteiger partial charge in [0, 0.05) is 43.1 Å². The van der Waals surface area contributed by atoms with E-state index in [1.807, 2.05) is 0 Å². The number of nitrogens with one attached hydrogen (secondary N) is 3. The van der Waals surface area contributed by atoms with Crippen molar-refractivity contribution in [1.82, 2.24) is 20.8 Å². The maximum Gasteiger partial charge on any atom is 0.272 e. The van der Waals surface area contributed by atoms with Crippen molar-refractivity contribution in [2.75, 3.05) is 19.6 Å². The van der Waals surface area contributed by atoms with Crippen LogP contribution in [-0.2, 0) is 0 Å². The van der Waals surface area contributed by atoms with Crippen LogP contribution in [0.1, 0.15) is 10.5 Å². The molecule has 1 aromatic heterocycles. The first-order chi connectivity index (χ1) is 9.65. The number of rotatable bonds is 4. The molecule has 0 saturated carbocycles. The standard InChI is InChI=1S/C12H13N5O3.ClH/c18-12(14-6-7-4-13-5-7)11-9-3-8(17(19)20)1-2-10(9)15-16-11;/h1-3,7,13H,4-6H2,(H,14,18)(H,15,16);1H. The maximum atomic E-state index is 12.1. The molecule has 1 aromatic carbocycles. The molecule has 21 heavy (non-hydrogen) atoms. The molecule has 9 heteroatoms. The fourth-order valence-corrected chi connectivity index (χ4v) is 2.10. The normalized spacial score (nSPS) is 14.3.